The Labute approximate surface area is 119 Å². The molecular weight excluding hydrogens is 234 g/mol. The van der Waals surface area contributed by atoms with E-state index in [4.69, 9.17) is 0 Å². The zero-order chi connectivity index (χ0) is 14.1. The number of hydrogen-bond donors (Lipinski definition) is 1. The number of aliphatic hydroxyl groups excluding tert-OH is 1. The molecular formula is C17H31NO. The number of rotatable bonds is 8. The largest absolute Gasteiger partial charge is 0.391 e. The Balaban J connectivity index is 2.35. The minimum atomic E-state index is -0.434. The van der Waals surface area contributed by atoms with E-state index in [1.807, 2.05) is 0 Å². The van der Waals surface area contributed by atoms with Gasteiger partial charge in [0.15, 0.2) is 0 Å². The lowest BCUT2D eigenvalue weighted by Crippen LogP contribution is -2.37. The predicted octanol–water partition coefficient (Wildman–Crippen LogP) is 4.82. The van der Waals surface area contributed by atoms with E-state index in [0.717, 1.165) is 44.4 Å². The maximum atomic E-state index is 10.4. The fourth-order valence-electron chi connectivity index (χ4n) is 3.34. The van der Waals surface area contributed by atoms with Gasteiger partial charge in [-0.2, -0.15) is 5.26 Å². The first-order valence-electron chi connectivity index (χ1n) is 8.27. The van der Waals surface area contributed by atoms with Crippen molar-refractivity contribution in [3.05, 3.63) is 0 Å². The fourth-order valence-corrected chi connectivity index (χ4v) is 3.34. The van der Waals surface area contributed by atoms with Crippen LogP contribution in [0.1, 0.15) is 84.5 Å². The number of hydrogen-bond acceptors (Lipinski definition) is 2. The van der Waals surface area contributed by atoms with Crippen LogP contribution in [0.3, 0.4) is 0 Å². The number of unbranched alkanes of at least 4 members (excludes halogenated alkanes) is 4. The molecule has 110 valence electrons. The Kier molecular flexibility index (Phi) is 7.46. The van der Waals surface area contributed by atoms with Crippen molar-refractivity contribution in [1.29, 1.82) is 5.26 Å². The zero-order valence-corrected chi connectivity index (χ0v) is 12.8. The third-order valence-corrected chi connectivity index (χ3v) is 5.02. The molecule has 2 nitrogen and oxygen atoms in total. The van der Waals surface area contributed by atoms with Crippen molar-refractivity contribution in [2.45, 2.75) is 90.6 Å². The normalized spacial score (nSPS) is 28.8. The van der Waals surface area contributed by atoms with Crippen LogP contribution in [0.4, 0.5) is 0 Å². The van der Waals surface area contributed by atoms with E-state index < -0.39 is 11.5 Å². The van der Waals surface area contributed by atoms with Crippen molar-refractivity contribution < 1.29 is 5.11 Å². The maximum Gasteiger partial charge on any atom is 0.0832 e. The van der Waals surface area contributed by atoms with E-state index in [2.05, 4.69) is 19.9 Å². The van der Waals surface area contributed by atoms with Crippen molar-refractivity contribution in [2.24, 2.45) is 11.3 Å². The van der Waals surface area contributed by atoms with Crippen molar-refractivity contribution in [3.8, 4) is 6.07 Å². The topological polar surface area (TPSA) is 44.0 Å². The third-order valence-electron chi connectivity index (χ3n) is 5.02. The molecule has 19 heavy (non-hydrogen) atoms. The smallest absolute Gasteiger partial charge is 0.0832 e. The van der Waals surface area contributed by atoms with Gasteiger partial charge in [0.2, 0.25) is 0 Å². The van der Waals surface area contributed by atoms with Crippen LogP contribution in [-0.2, 0) is 0 Å². The van der Waals surface area contributed by atoms with Gasteiger partial charge in [-0.3, -0.25) is 0 Å². The molecule has 1 fully saturated rings. The second kappa shape index (κ2) is 8.59. The maximum absolute atomic E-state index is 10.4. The molecule has 0 saturated heterocycles. The quantitative estimate of drug-likeness (QED) is 0.639. The predicted molar refractivity (Wildman–Crippen MR) is 79.7 cm³/mol. The van der Waals surface area contributed by atoms with Crippen LogP contribution in [0.2, 0.25) is 0 Å². The summed E-state index contributed by atoms with van der Waals surface area (Å²) in [6.45, 7) is 4.44. The summed E-state index contributed by atoms with van der Waals surface area (Å²) >= 11 is 0. The van der Waals surface area contributed by atoms with Crippen LogP contribution in [-0.4, -0.2) is 11.2 Å². The molecule has 0 aromatic heterocycles. The van der Waals surface area contributed by atoms with Crippen molar-refractivity contribution in [3.63, 3.8) is 0 Å². The first kappa shape index (κ1) is 16.5. The van der Waals surface area contributed by atoms with Crippen molar-refractivity contribution >= 4 is 0 Å². The Bertz CT molecular complexity index is 273. The van der Waals surface area contributed by atoms with Crippen LogP contribution in [0.5, 0.6) is 0 Å². The first-order valence-corrected chi connectivity index (χ1v) is 8.27. The highest BCUT2D eigenvalue weighted by molar-refractivity contribution is 5.05. The Hall–Kier alpha value is -0.550. The van der Waals surface area contributed by atoms with Crippen LogP contribution >= 0.6 is 0 Å². The molecule has 1 rings (SSSR count). The molecule has 1 atom stereocenters. The van der Waals surface area contributed by atoms with Gasteiger partial charge in [0.25, 0.3) is 0 Å². The van der Waals surface area contributed by atoms with Gasteiger partial charge in [-0.05, 0) is 38.0 Å². The van der Waals surface area contributed by atoms with Crippen molar-refractivity contribution in [1.82, 2.24) is 0 Å². The lowest BCUT2D eigenvalue weighted by molar-refractivity contribution is 0.0182. The van der Waals surface area contributed by atoms with Crippen LogP contribution in [0.15, 0.2) is 0 Å². The van der Waals surface area contributed by atoms with Gasteiger partial charge in [-0.1, -0.05) is 52.4 Å². The number of nitrogens with zero attached hydrogens (tertiary/aromatic N) is 1. The number of nitriles is 1. The molecule has 0 aliphatic heterocycles. The molecule has 0 heterocycles. The van der Waals surface area contributed by atoms with Gasteiger partial charge in [-0.15, -0.1) is 0 Å². The monoisotopic (exact) mass is 265 g/mol. The lowest BCUT2D eigenvalue weighted by Gasteiger charge is -2.38. The summed E-state index contributed by atoms with van der Waals surface area (Å²) in [4.78, 5) is 0. The highest BCUT2D eigenvalue weighted by Gasteiger charge is 2.40. The highest BCUT2D eigenvalue weighted by atomic mass is 16.3. The van der Waals surface area contributed by atoms with E-state index in [1.165, 1.54) is 32.1 Å². The summed E-state index contributed by atoms with van der Waals surface area (Å²) in [6, 6.07) is 2.46. The van der Waals surface area contributed by atoms with Crippen LogP contribution in [0, 0.1) is 22.7 Å². The molecule has 0 aromatic rings. The van der Waals surface area contributed by atoms with Gasteiger partial charge >= 0.3 is 0 Å². The zero-order valence-electron chi connectivity index (χ0n) is 12.8. The number of aliphatic hydroxyl groups is 1. The molecule has 0 amide bonds. The molecule has 1 unspecified atom stereocenters. The Morgan fingerprint density at radius 2 is 1.79 bits per heavy atom. The molecule has 1 aliphatic rings. The third kappa shape index (κ3) is 4.80. The van der Waals surface area contributed by atoms with Crippen molar-refractivity contribution in [2.75, 3.05) is 0 Å². The minimum Gasteiger partial charge on any atom is -0.391 e. The van der Waals surface area contributed by atoms with E-state index in [9.17, 15) is 10.4 Å². The molecule has 2 heteroatoms. The summed E-state index contributed by atoms with van der Waals surface area (Å²) in [7, 11) is 0. The van der Waals surface area contributed by atoms with E-state index in [1.54, 1.807) is 0 Å². The van der Waals surface area contributed by atoms with Gasteiger partial charge in [0.1, 0.15) is 0 Å². The molecule has 0 spiro atoms. The lowest BCUT2D eigenvalue weighted by atomic mass is 9.67. The van der Waals surface area contributed by atoms with Crippen LogP contribution in [0.25, 0.3) is 0 Å². The van der Waals surface area contributed by atoms with Gasteiger partial charge in [0.05, 0.1) is 17.6 Å². The second-order valence-corrected chi connectivity index (χ2v) is 6.34. The Morgan fingerprint density at radius 1 is 1.16 bits per heavy atom. The average Bonchev–Trinajstić information content (AvgIpc) is 2.46. The molecule has 1 N–H and O–H groups in total. The molecule has 1 saturated carbocycles. The van der Waals surface area contributed by atoms with Crippen LogP contribution < -0.4 is 0 Å². The van der Waals surface area contributed by atoms with E-state index >= 15 is 0 Å². The fraction of sp³-hybridized carbons (Fsp3) is 0.941. The van der Waals surface area contributed by atoms with E-state index in [0.29, 0.717) is 0 Å². The summed E-state index contributed by atoms with van der Waals surface area (Å²) in [5.41, 5.74) is -0.434. The standard InChI is InChI=1S/C17H31NO/c1-3-5-6-7-8-9-16(19)17(14-18)12-10-15(4-2)11-13-17/h15-16,19H,3-13H2,1-2H3. The SMILES string of the molecule is CCCCCCCC(O)C1(C#N)CCC(CC)CC1. The van der Waals surface area contributed by atoms with Gasteiger partial charge in [0, 0.05) is 0 Å². The molecule has 1 aliphatic carbocycles. The molecule has 0 aromatic carbocycles. The summed E-state index contributed by atoms with van der Waals surface area (Å²) in [5.74, 6) is 0.776. The van der Waals surface area contributed by atoms with Gasteiger partial charge < -0.3 is 5.11 Å². The summed E-state index contributed by atoms with van der Waals surface area (Å²) in [6.07, 6.45) is 11.7. The first-order chi connectivity index (χ1) is 9.18. The van der Waals surface area contributed by atoms with E-state index in [-0.39, 0.29) is 0 Å². The summed E-state index contributed by atoms with van der Waals surface area (Å²) in [5, 5.41) is 19.9. The molecule has 0 bridgehead atoms. The highest BCUT2D eigenvalue weighted by Crippen LogP contribution is 2.43. The Morgan fingerprint density at radius 3 is 2.32 bits per heavy atom. The van der Waals surface area contributed by atoms with Gasteiger partial charge in [-0.25, -0.2) is 0 Å². The molecule has 0 radical (unpaired) electrons. The average molecular weight is 265 g/mol. The minimum absolute atomic E-state index is 0.406. The summed E-state index contributed by atoms with van der Waals surface area (Å²) < 4.78 is 0. The second-order valence-electron chi connectivity index (χ2n) is 6.34.